The van der Waals surface area contributed by atoms with Gasteiger partial charge in [0.2, 0.25) is 0 Å². The highest BCUT2D eigenvalue weighted by molar-refractivity contribution is 6.01. The van der Waals surface area contributed by atoms with E-state index in [9.17, 15) is 27.2 Å². The molecule has 2 aromatic heterocycles. The van der Waals surface area contributed by atoms with Crippen LogP contribution in [-0.2, 0) is 24.1 Å². The Morgan fingerprint density at radius 1 is 1.32 bits per heavy atom. The molecule has 2 atom stereocenters. The number of likely N-dealkylation sites (tertiary alicyclic amines) is 1. The molecule has 2 amide bonds. The molecular weight excluding hydrogens is 456 g/mol. The molecule has 0 spiro atoms. The van der Waals surface area contributed by atoms with Crippen molar-refractivity contribution in [3.63, 3.8) is 0 Å². The van der Waals surface area contributed by atoms with Gasteiger partial charge in [0, 0.05) is 30.9 Å². The molecule has 0 bridgehead atoms. The molecule has 4 heterocycles. The number of alkyl halides is 3. The lowest BCUT2D eigenvalue weighted by Crippen LogP contribution is -2.35. The smallest absolute Gasteiger partial charge is 0.373 e. The van der Waals surface area contributed by atoms with Crippen molar-refractivity contribution in [3.05, 3.63) is 52.4 Å². The number of pyridine rings is 1. The van der Waals surface area contributed by atoms with Crippen LogP contribution in [0.5, 0.6) is 0 Å². The highest BCUT2D eigenvalue weighted by Gasteiger charge is 2.38. The number of nitrogens with one attached hydrogen (secondary N) is 1. The Bertz CT molecular complexity index is 1100. The Labute approximate surface area is 194 Å². The van der Waals surface area contributed by atoms with Crippen molar-refractivity contribution in [2.45, 2.75) is 64.5 Å². The second-order valence-electron chi connectivity index (χ2n) is 8.58. The Kier molecular flexibility index (Phi) is 6.66. The summed E-state index contributed by atoms with van der Waals surface area (Å²) >= 11 is 0. The van der Waals surface area contributed by atoms with E-state index in [4.69, 9.17) is 4.74 Å². The van der Waals surface area contributed by atoms with Crippen LogP contribution in [-0.4, -0.2) is 45.5 Å². The van der Waals surface area contributed by atoms with E-state index >= 15 is 0 Å². The fraction of sp³-hybridized carbons (Fsp3) is 0.522. The summed E-state index contributed by atoms with van der Waals surface area (Å²) in [6.45, 7) is 5.14. The number of carbonyl (C=O) groups is 2. The Balaban J connectivity index is 1.64. The standard InChI is InChI=1S/C23H26F4N4O3/c1-3-16(14-6-7-28-20(19(14)24)23(25,26)27)29-21(32)15-11-17(31-9-10-34-12-18(15)31)22(33)30-8-4-5-13(30)2/h6-7,11,13,16H,3-5,8-10,12H2,1-2H3,(H,29,32). The molecule has 0 radical (unpaired) electrons. The van der Waals surface area contributed by atoms with Gasteiger partial charge in [-0.2, -0.15) is 13.2 Å². The van der Waals surface area contributed by atoms with Crippen molar-refractivity contribution in [2.24, 2.45) is 0 Å². The summed E-state index contributed by atoms with van der Waals surface area (Å²) in [5.74, 6) is -2.29. The Hall–Kier alpha value is -2.95. The molecule has 0 aromatic carbocycles. The van der Waals surface area contributed by atoms with E-state index in [-0.39, 0.29) is 36.1 Å². The summed E-state index contributed by atoms with van der Waals surface area (Å²) in [5, 5.41) is 2.63. The number of ether oxygens (including phenoxy) is 1. The Morgan fingerprint density at radius 2 is 2.09 bits per heavy atom. The molecule has 4 rings (SSSR count). The zero-order chi connectivity index (χ0) is 24.6. The van der Waals surface area contributed by atoms with Crippen molar-refractivity contribution in [1.29, 1.82) is 0 Å². The fourth-order valence-corrected chi connectivity index (χ4v) is 4.64. The molecule has 2 aromatic rings. The van der Waals surface area contributed by atoms with Gasteiger partial charge in [-0.15, -0.1) is 0 Å². The molecule has 184 valence electrons. The lowest BCUT2D eigenvalue weighted by Gasteiger charge is -2.24. The van der Waals surface area contributed by atoms with Crippen molar-refractivity contribution in [1.82, 2.24) is 19.8 Å². The summed E-state index contributed by atoms with van der Waals surface area (Å²) in [7, 11) is 0. The normalized spacial score (nSPS) is 19.1. The molecule has 7 nitrogen and oxygen atoms in total. The number of carbonyl (C=O) groups excluding carboxylic acids is 2. The van der Waals surface area contributed by atoms with E-state index in [2.05, 4.69) is 10.3 Å². The van der Waals surface area contributed by atoms with Gasteiger partial charge in [0.15, 0.2) is 11.5 Å². The van der Waals surface area contributed by atoms with E-state index in [1.54, 1.807) is 16.4 Å². The number of fused-ring (bicyclic) bond motifs is 1. The SMILES string of the molecule is CCC(NC(=O)c1cc(C(=O)N2CCCC2C)n2c1COCC2)c1ccnc(C(F)(F)F)c1F. The molecule has 1 saturated heterocycles. The minimum Gasteiger partial charge on any atom is -0.373 e. The average molecular weight is 482 g/mol. The van der Waals surface area contributed by atoms with E-state index in [0.29, 0.717) is 31.1 Å². The van der Waals surface area contributed by atoms with Gasteiger partial charge in [0.1, 0.15) is 5.69 Å². The monoisotopic (exact) mass is 482 g/mol. The van der Waals surface area contributed by atoms with Crippen LogP contribution in [0.15, 0.2) is 18.3 Å². The number of amides is 2. The lowest BCUT2D eigenvalue weighted by molar-refractivity contribution is -0.143. The molecule has 34 heavy (non-hydrogen) atoms. The average Bonchev–Trinajstić information content (AvgIpc) is 3.40. The fourth-order valence-electron chi connectivity index (χ4n) is 4.64. The van der Waals surface area contributed by atoms with Crippen molar-refractivity contribution < 1.29 is 31.9 Å². The van der Waals surface area contributed by atoms with Crippen LogP contribution in [0.25, 0.3) is 0 Å². The first-order chi connectivity index (χ1) is 16.1. The van der Waals surface area contributed by atoms with Crippen molar-refractivity contribution in [3.8, 4) is 0 Å². The topological polar surface area (TPSA) is 76.5 Å². The number of hydrogen-bond donors (Lipinski definition) is 1. The summed E-state index contributed by atoms with van der Waals surface area (Å²) in [5.41, 5.74) is -0.844. The van der Waals surface area contributed by atoms with Gasteiger partial charge in [-0.05, 0) is 38.3 Å². The van der Waals surface area contributed by atoms with Gasteiger partial charge in [-0.1, -0.05) is 6.92 Å². The van der Waals surface area contributed by atoms with Gasteiger partial charge < -0.3 is 19.5 Å². The molecule has 11 heteroatoms. The summed E-state index contributed by atoms with van der Waals surface area (Å²) in [6, 6.07) is 1.71. The van der Waals surface area contributed by atoms with Gasteiger partial charge in [0.25, 0.3) is 11.8 Å². The first-order valence-corrected chi connectivity index (χ1v) is 11.3. The van der Waals surface area contributed by atoms with Gasteiger partial charge in [-0.3, -0.25) is 9.59 Å². The maximum Gasteiger partial charge on any atom is 0.436 e. The minimum atomic E-state index is -4.96. The maximum atomic E-state index is 14.6. The van der Waals surface area contributed by atoms with Gasteiger partial charge >= 0.3 is 6.18 Å². The molecule has 1 fully saturated rings. The summed E-state index contributed by atoms with van der Waals surface area (Å²) in [4.78, 5) is 31.3. The largest absolute Gasteiger partial charge is 0.436 e. The third-order valence-electron chi connectivity index (χ3n) is 6.46. The first kappa shape index (κ1) is 24.2. The van der Waals surface area contributed by atoms with E-state index in [0.717, 1.165) is 25.1 Å². The van der Waals surface area contributed by atoms with Gasteiger partial charge in [0.05, 0.1) is 30.5 Å². The molecule has 2 aliphatic heterocycles. The number of aromatic nitrogens is 2. The second kappa shape index (κ2) is 9.36. The molecular formula is C23H26F4N4O3. The van der Waals surface area contributed by atoms with E-state index < -0.39 is 29.6 Å². The van der Waals surface area contributed by atoms with Crippen LogP contribution < -0.4 is 5.32 Å². The molecule has 1 N–H and O–H groups in total. The Morgan fingerprint density at radius 3 is 2.74 bits per heavy atom. The van der Waals surface area contributed by atoms with E-state index in [1.807, 2.05) is 6.92 Å². The third-order valence-corrected chi connectivity index (χ3v) is 6.46. The van der Waals surface area contributed by atoms with Crippen molar-refractivity contribution >= 4 is 11.8 Å². The summed E-state index contributed by atoms with van der Waals surface area (Å²) in [6.07, 6.45) is -2.12. The minimum absolute atomic E-state index is 0.0951. The molecule has 2 unspecified atom stereocenters. The predicted octanol–water partition coefficient (Wildman–Crippen LogP) is 4.08. The van der Waals surface area contributed by atoms with Crippen LogP contribution in [0.4, 0.5) is 17.6 Å². The number of hydrogen-bond acceptors (Lipinski definition) is 4. The van der Waals surface area contributed by atoms with Crippen LogP contribution in [0.3, 0.4) is 0 Å². The highest BCUT2D eigenvalue weighted by Crippen LogP contribution is 2.33. The van der Waals surface area contributed by atoms with Crippen LogP contribution >= 0.6 is 0 Å². The van der Waals surface area contributed by atoms with Gasteiger partial charge in [-0.25, -0.2) is 9.37 Å². The number of rotatable bonds is 5. The third kappa shape index (κ3) is 4.40. The first-order valence-electron chi connectivity index (χ1n) is 11.3. The zero-order valence-electron chi connectivity index (χ0n) is 18.9. The molecule has 2 aliphatic rings. The van der Waals surface area contributed by atoms with E-state index in [1.165, 1.54) is 6.07 Å². The highest BCUT2D eigenvalue weighted by atomic mass is 19.4. The lowest BCUT2D eigenvalue weighted by atomic mass is 10.0. The van der Waals surface area contributed by atoms with Crippen molar-refractivity contribution in [2.75, 3.05) is 13.2 Å². The predicted molar refractivity (Wildman–Crippen MR) is 114 cm³/mol. The number of nitrogens with zero attached hydrogens (tertiary/aromatic N) is 3. The molecule has 0 aliphatic carbocycles. The van der Waals surface area contributed by atoms with Crippen LogP contribution in [0.1, 0.15) is 76.9 Å². The second-order valence-corrected chi connectivity index (χ2v) is 8.58. The van der Waals surface area contributed by atoms with Crippen LogP contribution in [0, 0.1) is 5.82 Å². The molecule has 0 saturated carbocycles. The number of halogens is 4. The van der Waals surface area contributed by atoms with Crippen LogP contribution in [0.2, 0.25) is 0 Å². The maximum absolute atomic E-state index is 14.6. The zero-order valence-corrected chi connectivity index (χ0v) is 18.9. The summed E-state index contributed by atoms with van der Waals surface area (Å²) < 4.78 is 61.2. The quantitative estimate of drug-likeness (QED) is 0.652.